The standard InChI is InChI=1S/C26H34N4O3/c1-7-19(4)29(26(31)27-18(2)3)17-24-20(5)28-30(21-11-9-8-10-12-21)25(24)33-23-15-13-22(32-6)14-16-23/h8-16,18-19H,7,17H2,1-6H3,(H,27,31)/t19-/m1/s1. The molecule has 1 atom stereocenters. The molecule has 3 aromatic rings. The van der Waals surface area contributed by atoms with Crippen LogP contribution in [-0.4, -0.2) is 39.9 Å². The van der Waals surface area contributed by atoms with Gasteiger partial charge in [0.1, 0.15) is 11.5 Å². The summed E-state index contributed by atoms with van der Waals surface area (Å²) in [6, 6.07) is 17.3. The number of nitrogens with zero attached hydrogens (tertiary/aromatic N) is 3. The molecular formula is C26H34N4O3. The number of aryl methyl sites for hydroxylation is 1. The average molecular weight is 451 g/mol. The van der Waals surface area contributed by atoms with Crippen molar-refractivity contribution in [2.24, 2.45) is 0 Å². The van der Waals surface area contributed by atoms with Gasteiger partial charge in [0.2, 0.25) is 5.88 Å². The number of carbonyl (C=O) groups excluding carboxylic acids is 1. The molecule has 1 N–H and O–H groups in total. The fourth-order valence-electron chi connectivity index (χ4n) is 3.47. The third kappa shape index (κ3) is 5.86. The first kappa shape index (κ1) is 24.2. The molecule has 1 aromatic heterocycles. The predicted octanol–water partition coefficient (Wildman–Crippen LogP) is 5.70. The van der Waals surface area contributed by atoms with Crippen LogP contribution in [0.4, 0.5) is 4.79 Å². The summed E-state index contributed by atoms with van der Waals surface area (Å²) in [4.78, 5) is 14.9. The van der Waals surface area contributed by atoms with Gasteiger partial charge in [-0.2, -0.15) is 5.10 Å². The fourth-order valence-corrected chi connectivity index (χ4v) is 3.47. The highest BCUT2D eigenvalue weighted by Gasteiger charge is 2.26. The van der Waals surface area contributed by atoms with Gasteiger partial charge in [0.25, 0.3) is 0 Å². The lowest BCUT2D eigenvalue weighted by Gasteiger charge is -2.30. The first-order valence-corrected chi connectivity index (χ1v) is 11.4. The maximum Gasteiger partial charge on any atom is 0.318 e. The van der Waals surface area contributed by atoms with E-state index in [9.17, 15) is 4.79 Å². The van der Waals surface area contributed by atoms with Gasteiger partial charge in [0, 0.05) is 12.1 Å². The zero-order valence-corrected chi connectivity index (χ0v) is 20.3. The van der Waals surface area contributed by atoms with Gasteiger partial charge in [-0.15, -0.1) is 0 Å². The van der Waals surface area contributed by atoms with E-state index in [4.69, 9.17) is 14.6 Å². The minimum Gasteiger partial charge on any atom is -0.497 e. The molecule has 7 nitrogen and oxygen atoms in total. The minimum atomic E-state index is -0.0957. The van der Waals surface area contributed by atoms with Crippen molar-refractivity contribution in [3.8, 4) is 23.1 Å². The molecule has 0 radical (unpaired) electrons. The van der Waals surface area contributed by atoms with E-state index in [1.807, 2.05) is 80.3 Å². The van der Waals surface area contributed by atoms with Gasteiger partial charge in [-0.25, -0.2) is 9.48 Å². The summed E-state index contributed by atoms with van der Waals surface area (Å²) in [5, 5.41) is 7.80. The topological polar surface area (TPSA) is 68.6 Å². The minimum absolute atomic E-state index is 0.0483. The number of ether oxygens (including phenoxy) is 2. The van der Waals surface area contributed by atoms with Crippen LogP contribution in [0.2, 0.25) is 0 Å². The highest BCUT2D eigenvalue weighted by Crippen LogP contribution is 2.33. The smallest absolute Gasteiger partial charge is 0.318 e. The summed E-state index contributed by atoms with van der Waals surface area (Å²) in [5.41, 5.74) is 2.57. The molecule has 3 rings (SSSR count). The van der Waals surface area contributed by atoms with Crippen LogP contribution in [0, 0.1) is 6.92 Å². The Labute approximate surface area is 196 Å². The number of rotatable bonds is 9. The van der Waals surface area contributed by atoms with E-state index < -0.39 is 0 Å². The lowest BCUT2D eigenvalue weighted by atomic mass is 10.1. The molecule has 0 fully saturated rings. The number of methoxy groups -OCH3 is 1. The van der Waals surface area contributed by atoms with Gasteiger partial charge in [-0.05, 0) is 70.5 Å². The molecule has 0 unspecified atom stereocenters. The summed E-state index contributed by atoms with van der Waals surface area (Å²) < 4.78 is 13.4. The quantitative estimate of drug-likeness (QED) is 0.454. The number of aromatic nitrogens is 2. The number of hydrogen-bond acceptors (Lipinski definition) is 4. The number of hydrogen-bond donors (Lipinski definition) is 1. The Kier molecular flexibility index (Phi) is 7.98. The zero-order valence-electron chi connectivity index (χ0n) is 20.3. The van der Waals surface area contributed by atoms with E-state index >= 15 is 0 Å². The van der Waals surface area contributed by atoms with Crippen LogP contribution < -0.4 is 14.8 Å². The molecule has 2 aromatic carbocycles. The number of nitrogens with one attached hydrogen (secondary N) is 1. The Morgan fingerprint density at radius 1 is 1.06 bits per heavy atom. The van der Waals surface area contributed by atoms with E-state index in [1.54, 1.807) is 11.8 Å². The number of amides is 2. The molecule has 0 aliphatic rings. The van der Waals surface area contributed by atoms with Crippen molar-refractivity contribution in [1.29, 1.82) is 0 Å². The van der Waals surface area contributed by atoms with Crippen molar-refractivity contribution in [3.05, 3.63) is 65.9 Å². The fraction of sp³-hybridized carbons (Fsp3) is 0.385. The van der Waals surface area contributed by atoms with Crippen molar-refractivity contribution >= 4 is 6.03 Å². The summed E-state index contributed by atoms with van der Waals surface area (Å²) in [5.74, 6) is 2.01. The van der Waals surface area contributed by atoms with Crippen LogP contribution >= 0.6 is 0 Å². The van der Waals surface area contributed by atoms with Crippen LogP contribution in [-0.2, 0) is 6.54 Å². The highest BCUT2D eigenvalue weighted by atomic mass is 16.5. The normalized spacial score (nSPS) is 11.8. The van der Waals surface area contributed by atoms with Crippen molar-refractivity contribution in [2.45, 2.75) is 59.7 Å². The molecule has 2 amide bonds. The Hall–Kier alpha value is -3.48. The second-order valence-corrected chi connectivity index (χ2v) is 8.38. The number of urea groups is 1. The second-order valence-electron chi connectivity index (χ2n) is 8.38. The molecular weight excluding hydrogens is 416 g/mol. The van der Waals surface area contributed by atoms with Crippen molar-refractivity contribution < 1.29 is 14.3 Å². The molecule has 0 spiro atoms. The molecule has 0 bridgehead atoms. The third-order valence-electron chi connectivity index (χ3n) is 5.54. The summed E-state index contributed by atoms with van der Waals surface area (Å²) in [6.45, 7) is 10.4. The summed E-state index contributed by atoms with van der Waals surface area (Å²) >= 11 is 0. The van der Waals surface area contributed by atoms with E-state index in [0.717, 1.165) is 29.1 Å². The second kappa shape index (κ2) is 10.9. The number of para-hydroxylation sites is 1. The summed E-state index contributed by atoms with van der Waals surface area (Å²) in [7, 11) is 1.63. The van der Waals surface area contributed by atoms with Crippen molar-refractivity contribution in [3.63, 3.8) is 0 Å². The van der Waals surface area contributed by atoms with Crippen molar-refractivity contribution in [2.75, 3.05) is 7.11 Å². The predicted molar refractivity (Wildman–Crippen MR) is 130 cm³/mol. The van der Waals surface area contributed by atoms with Crippen molar-refractivity contribution in [1.82, 2.24) is 20.0 Å². The number of carbonyl (C=O) groups is 1. The lowest BCUT2D eigenvalue weighted by Crippen LogP contribution is -2.46. The molecule has 33 heavy (non-hydrogen) atoms. The molecule has 176 valence electrons. The first-order chi connectivity index (χ1) is 15.8. The number of benzene rings is 2. The van der Waals surface area contributed by atoms with Gasteiger partial charge in [0.05, 0.1) is 30.6 Å². The Bertz CT molecular complexity index is 1050. The van der Waals surface area contributed by atoms with Gasteiger partial charge in [-0.1, -0.05) is 25.1 Å². The maximum absolute atomic E-state index is 13.0. The van der Waals surface area contributed by atoms with Gasteiger partial charge in [-0.3, -0.25) is 0 Å². The average Bonchev–Trinajstić information content (AvgIpc) is 3.12. The monoisotopic (exact) mass is 450 g/mol. The van der Waals surface area contributed by atoms with E-state index in [2.05, 4.69) is 19.2 Å². The first-order valence-electron chi connectivity index (χ1n) is 11.4. The molecule has 0 aliphatic carbocycles. The Morgan fingerprint density at radius 3 is 2.27 bits per heavy atom. The Balaban J connectivity index is 2.05. The zero-order chi connectivity index (χ0) is 24.0. The maximum atomic E-state index is 13.0. The highest BCUT2D eigenvalue weighted by molar-refractivity contribution is 5.75. The van der Waals surface area contributed by atoms with Crippen LogP contribution in [0.3, 0.4) is 0 Å². The van der Waals surface area contributed by atoms with Crippen LogP contribution in [0.15, 0.2) is 54.6 Å². The van der Waals surface area contributed by atoms with Gasteiger partial charge >= 0.3 is 6.03 Å². The largest absolute Gasteiger partial charge is 0.497 e. The van der Waals surface area contributed by atoms with Gasteiger partial charge < -0.3 is 19.7 Å². The SMILES string of the molecule is CC[C@@H](C)N(Cc1c(C)nn(-c2ccccc2)c1Oc1ccc(OC)cc1)C(=O)NC(C)C. The van der Waals surface area contributed by atoms with Gasteiger partial charge in [0.15, 0.2) is 0 Å². The Morgan fingerprint density at radius 2 is 1.70 bits per heavy atom. The van der Waals surface area contributed by atoms with Crippen LogP contribution in [0.25, 0.3) is 5.69 Å². The molecule has 1 heterocycles. The summed E-state index contributed by atoms with van der Waals surface area (Å²) in [6.07, 6.45) is 0.839. The van der Waals surface area contributed by atoms with E-state index in [1.165, 1.54) is 0 Å². The van der Waals surface area contributed by atoms with Crippen LogP contribution in [0.5, 0.6) is 17.4 Å². The molecule has 0 saturated heterocycles. The molecule has 0 saturated carbocycles. The van der Waals surface area contributed by atoms with Crippen LogP contribution in [0.1, 0.15) is 45.4 Å². The third-order valence-corrected chi connectivity index (χ3v) is 5.54. The molecule has 7 heteroatoms. The van der Waals surface area contributed by atoms with E-state index in [0.29, 0.717) is 18.2 Å². The molecule has 0 aliphatic heterocycles. The van der Waals surface area contributed by atoms with E-state index in [-0.39, 0.29) is 18.1 Å². The lowest BCUT2D eigenvalue weighted by molar-refractivity contribution is 0.170.